The number of ether oxygens (including phenoxy) is 1. The highest BCUT2D eigenvalue weighted by Crippen LogP contribution is 2.33. The van der Waals surface area contributed by atoms with Gasteiger partial charge in [0.1, 0.15) is 5.75 Å². The molecule has 2 aliphatic heterocycles. The van der Waals surface area contributed by atoms with E-state index in [-0.39, 0.29) is 24.8 Å². The topological polar surface area (TPSA) is 50.3 Å². The normalized spacial score (nSPS) is 18.1. The molecule has 28 heavy (non-hydrogen) atoms. The van der Waals surface area contributed by atoms with Crippen molar-refractivity contribution in [2.75, 3.05) is 38.2 Å². The van der Waals surface area contributed by atoms with Crippen LogP contribution in [-0.2, 0) is 0 Å². The van der Waals surface area contributed by atoms with Crippen LogP contribution in [0.1, 0.15) is 25.7 Å². The van der Waals surface area contributed by atoms with Crippen molar-refractivity contribution in [1.29, 1.82) is 0 Å². The molecule has 0 bridgehead atoms. The standard InChI is InChI=1S/C21H28N4O.2ClH/c1-26-20-5-3-2-4-18(20)19-6-7-21(24-23-19)25-14-10-17(11-15-25)16-8-12-22-13-9-16;;/h2-7,16-17,22H,8-15H2,1H3;2*1H. The molecule has 0 saturated carbocycles. The summed E-state index contributed by atoms with van der Waals surface area (Å²) < 4.78 is 5.43. The third-order valence-electron chi connectivity index (χ3n) is 5.95. The second-order valence-corrected chi connectivity index (χ2v) is 7.39. The van der Waals surface area contributed by atoms with Crippen molar-refractivity contribution in [3.8, 4) is 17.0 Å². The smallest absolute Gasteiger partial charge is 0.151 e. The lowest BCUT2D eigenvalue weighted by molar-refractivity contribution is 0.221. The van der Waals surface area contributed by atoms with E-state index >= 15 is 0 Å². The van der Waals surface area contributed by atoms with E-state index in [0.29, 0.717) is 0 Å². The Morgan fingerprint density at radius 3 is 2.21 bits per heavy atom. The van der Waals surface area contributed by atoms with Crippen molar-refractivity contribution in [3.05, 3.63) is 36.4 Å². The van der Waals surface area contributed by atoms with Gasteiger partial charge in [0.25, 0.3) is 0 Å². The van der Waals surface area contributed by atoms with Gasteiger partial charge in [-0.05, 0) is 74.9 Å². The minimum atomic E-state index is 0. The zero-order valence-electron chi connectivity index (χ0n) is 16.3. The van der Waals surface area contributed by atoms with Crippen LogP contribution in [0.25, 0.3) is 11.3 Å². The summed E-state index contributed by atoms with van der Waals surface area (Å²) in [5.74, 6) is 3.62. The van der Waals surface area contributed by atoms with Gasteiger partial charge in [0, 0.05) is 18.7 Å². The number of rotatable bonds is 4. The fourth-order valence-electron chi connectivity index (χ4n) is 4.41. The first kappa shape index (κ1) is 22.7. The number of aromatic nitrogens is 2. The first-order valence-corrected chi connectivity index (χ1v) is 9.78. The van der Waals surface area contributed by atoms with Gasteiger partial charge in [-0.25, -0.2) is 0 Å². The van der Waals surface area contributed by atoms with Crippen LogP contribution < -0.4 is 15.0 Å². The number of hydrogen-bond donors (Lipinski definition) is 1. The molecule has 2 saturated heterocycles. The molecule has 0 spiro atoms. The lowest BCUT2D eigenvalue weighted by Gasteiger charge is -2.38. The molecule has 0 unspecified atom stereocenters. The molecule has 0 amide bonds. The van der Waals surface area contributed by atoms with Crippen LogP contribution in [0.4, 0.5) is 5.82 Å². The van der Waals surface area contributed by atoms with E-state index in [1.807, 2.05) is 24.3 Å². The molecule has 154 valence electrons. The van der Waals surface area contributed by atoms with E-state index < -0.39 is 0 Å². The molecule has 2 aromatic rings. The number of nitrogens with one attached hydrogen (secondary N) is 1. The zero-order valence-corrected chi connectivity index (χ0v) is 18.0. The first-order valence-electron chi connectivity index (χ1n) is 9.78. The van der Waals surface area contributed by atoms with Crippen molar-refractivity contribution < 1.29 is 4.74 Å². The molecule has 0 radical (unpaired) electrons. The lowest BCUT2D eigenvalue weighted by Crippen LogP contribution is -2.39. The van der Waals surface area contributed by atoms with Crippen molar-refractivity contribution in [3.63, 3.8) is 0 Å². The monoisotopic (exact) mass is 424 g/mol. The fourth-order valence-corrected chi connectivity index (χ4v) is 4.41. The number of piperidine rings is 2. The van der Waals surface area contributed by atoms with Crippen LogP contribution in [0.5, 0.6) is 5.75 Å². The highest BCUT2D eigenvalue weighted by Gasteiger charge is 2.28. The predicted molar refractivity (Wildman–Crippen MR) is 119 cm³/mol. The summed E-state index contributed by atoms with van der Waals surface area (Å²) in [6.45, 7) is 4.58. The zero-order chi connectivity index (χ0) is 17.8. The van der Waals surface area contributed by atoms with Crippen molar-refractivity contribution in [2.45, 2.75) is 25.7 Å². The van der Waals surface area contributed by atoms with E-state index in [9.17, 15) is 0 Å². The predicted octanol–water partition coefficient (Wildman–Crippen LogP) is 4.21. The Kier molecular flexibility index (Phi) is 8.80. The average molecular weight is 425 g/mol. The van der Waals surface area contributed by atoms with Crippen LogP contribution in [0, 0.1) is 11.8 Å². The van der Waals surface area contributed by atoms with Crippen LogP contribution in [0.3, 0.4) is 0 Å². The minimum Gasteiger partial charge on any atom is -0.496 e. The van der Waals surface area contributed by atoms with Gasteiger partial charge in [0.15, 0.2) is 5.82 Å². The van der Waals surface area contributed by atoms with Crippen molar-refractivity contribution >= 4 is 30.6 Å². The van der Waals surface area contributed by atoms with Gasteiger partial charge >= 0.3 is 0 Å². The van der Waals surface area contributed by atoms with Crippen LogP contribution in [-0.4, -0.2) is 43.5 Å². The van der Waals surface area contributed by atoms with E-state index in [0.717, 1.165) is 47.8 Å². The summed E-state index contributed by atoms with van der Waals surface area (Å²) in [7, 11) is 1.69. The Hall–Kier alpha value is -1.56. The maximum atomic E-state index is 5.43. The molecule has 5 nitrogen and oxygen atoms in total. The molecule has 0 aliphatic carbocycles. The summed E-state index contributed by atoms with van der Waals surface area (Å²) in [6.07, 6.45) is 5.25. The number of nitrogens with zero attached hydrogens (tertiary/aromatic N) is 3. The van der Waals surface area contributed by atoms with E-state index in [1.54, 1.807) is 7.11 Å². The van der Waals surface area contributed by atoms with Gasteiger partial charge in [-0.2, -0.15) is 0 Å². The highest BCUT2D eigenvalue weighted by atomic mass is 35.5. The molecule has 1 aromatic carbocycles. The second kappa shape index (κ2) is 10.8. The fraction of sp³-hybridized carbons (Fsp3) is 0.524. The minimum absolute atomic E-state index is 0. The summed E-state index contributed by atoms with van der Waals surface area (Å²) in [4.78, 5) is 2.39. The molecule has 3 heterocycles. The number of benzene rings is 1. The highest BCUT2D eigenvalue weighted by molar-refractivity contribution is 5.85. The molecule has 1 aromatic heterocycles. The van der Waals surface area contributed by atoms with E-state index in [2.05, 4.69) is 32.5 Å². The molecule has 1 N–H and O–H groups in total. The average Bonchev–Trinajstić information content (AvgIpc) is 2.74. The van der Waals surface area contributed by atoms with Crippen LogP contribution in [0.15, 0.2) is 36.4 Å². The third kappa shape index (κ3) is 5.07. The van der Waals surface area contributed by atoms with Crippen molar-refractivity contribution in [1.82, 2.24) is 15.5 Å². The van der Waals surface area contributed by atoms with Gasteiger partial charge in [-0.3, -0.25) is 0 Å². The summed E-state index contributed by atoms with van der Waals surface area (Å²) in [5.41, 5.74) is 1.84. The third-order valence-corrected chi connectivity index (χ3v) is 5.95. The SMILES string of the molecule is COc1ccccc1-c1ccc(N2CCC(C3CCNCC3)CC2)nn1.Cl.Cl. The molecule has 0 atom stereocenters. The van der Waals surface area contributed by atoms with E-state index in [4.69, 9.17) is 4.74 Å². The summed E-state index contributed by atoms with van der Waals surface area (Å²) in [5, 5.41) is 12.4. The van der Waals surface area contributed by atoms with Crippen LogP contribution in [0.2, 0.25) is 0 Å². The molecular weight excluding hydrogens is 395 g/mol. The molecule has 4 rings (SSSR count). The van der Waals surface area contributed by atoms with Crippen molar-refractivity contribution in [2.24, 2.45) is 11.8 Å². The largest absolute Gasteiger partial charge is 0.496 e. The number of hydrogen-bond acceptors (Lipinski definition) is 5. The van der Waals surface area contributed by atoms with Gasteiger partial charge in [0.2, 0.25) is 0 Å². The molecular formula is C21H30Cl2N4O. The van der Waals surface area contributed by atoms with Gasteiger partial charge in [-0.1, -0.05) is 12.1 Å². The lowest BCUT2D eigenvalue weighted by atomic mass is 9.79. The second-order valence-electron chi connectivity index (χ2n) is 7.39. The van der Waals surface area contributed by atoms with E-state index in [1.165, 1.54) is 38.8 Å². The summed E-state index contributed by atoms with van der Waals surface area (Å²) in [6, 6.07) is 12.1. The number of anilines is 1. The molecule has 2 aliphatic rings. The molecule has 7 heteroatoms. The Bertz CT molecular complexity index is 715. The Balaban J connectivity index is 0.00000140. The first-order chi connectivity index (χ1) is 12.8. The van der Waals surface area contributed by atoms with Gasteiger partial charge < -0.3 is 15.0 Å². The molecule has 2 fully saturated rings. The Morgan fingerprint density at radius 1 is 0.893 bits per heavy atom. The Morgan fingerprint density at radius 2 is 1.57 bits per heavy atom. The quantitative estimate of drug-likeness (QED) is 0.795. The van der Waals surface area contributed by atoms with Gasteiger partial charge in [0.05, 0.1) is 12.8 Å². The Labute approximate surface area is 180 Å². The maximum absolute atomic E-state index is 5.43. The number of methoxy groups -OCH3 is 1. The summed E-state index contributed by atoms with van der Waals surface area (Å²) >= 11 is 0. The number of halogens is 2. The van der Waals surface area contributed by atoms with Crippen LogP contribution >= 0.6 is 24.8 Å². The number of para-hydroxylation sites is 1. The van der Waals surface area contributed by atoms with Gasteiger partial charge in [-0.15, -0.1) is 35.0 Å². The maximum Gasteiger partial charge on any atom is 0.151 e.